The van der Waals surface area contributed by atoms with Crippen molar-refractivity contribution in [3.05, 3.63) is 193 Å². The number of thiol groups is 1. The van der Waals surface area contributed by atoms with Gasteiger partial charge in [0.05, 0.1) is 67.0 Å². The zero-order chi connectivity index (χ0) is 80.1. The minimum atomic E-state index is -3.22. The molecule has 16 N–H and O–H groups in total. The van der Waals surface area contributed by atoms with Crippen LogP contribution in [0.2, 0.25) is 25.8 Å². The van der Waals surface area contributed by atoms with Crippen LogP contribution in [0.3, 0.4) is 0 Å². The molecule has 0 unspecified atom stereocenters. The number of nitrogens with two attached hydrogens (primary N) is 2. The molecule has 1 amide bonds. The van der Waals surface area contributed by atoms with Gasteiger partial charge in [0.25, 0.3) is 0 Å². The van der Waals surface area contributed by atoms with Gasteiger partial charge in [0.15, 0.2) is 31.6 Å². The van der Waals surface area contributed by atoms with Crippen LogP contribution in [0, 0.1) is 5.92 Å². The molecule has 0 bridgehead atoms. The van der Waals surface area contributed by atoms with Crippen LogP contribution in [0.1, 0.15) is 142 Å². The van der Waals surface area contributed by atoms with Crippen LogP contribution in [0.15, 0.2) is 137 Å². The number of carbonyl (C=O) groups is 1. The predicted molar refractivity (Wildman–Crippen MR) is 435 cm³/mol. The van der Waals surface area contributed by atoms with E-state index in [1.807, 2.05) is 23.8 Å². The molecule has 45 heteroatoms. The van der Waals surface area contributed by atoms with Crippen molar-refractivity contribution >= 4 is 189 Å². The number of allylic oxidation sites excluding steroid dienone is 3. The number of aliphatic hydroxyl groups excluding tert-OH is 3. The molecule has 6 aliphatic carbocycles. The number of anilines is 1. The number of rotatable bonds is 11. The van der Waals surface area contributed by atoms with E-state index in [2.05, 4.69) is 175 Å². The van der Waals surface area contributed by atoms with E-state index >= 15 is 0 Å². The molecule has 6 aliphatic rings. The molecule has 6 saturated carbocycles. The summed E-state index contributed by atoms with van der Waals surface area (Å²) in [6, 6.07) is 0. The van der Waals surface area contributed by atoms with Gasteiger partial charge >= 0.3 is 36.1 Å². The molecular formula is C66H78BBr2Cl8N21O11PS. The second-order valence-corrected chi connectivity index (χ2v) is 35.7. The summed E-state index contributed by atoms with van der Waals surface area (Å²) in [6.07, 6.45) is 34.5. The van der Waals surface area contributed by atoms with Crippen molar-refractivity contribution in [3.8, 4) is 0 Å². The number of hydrogen-bond acceptors (Lipinski definition) is 27. The molecule has 0 spiro atoms. The zero-order valence-electron chi connectivity index (χ0n) is 58.9. The number of carbonyl (C=O) groups excluding carboxylic acids is 3. The number of hydrogen-bond donors (Lipinski definition) is 11. The van der Waals surface area contributed by atoms with Gasteiger partial charge in [-0.05, 0) is 149 Å². The summed E-state index contributed by atoms with van der Waals surface area (Å²) in [5.74, 6) is 5.04. The number of amides is 1. The first-order chi connectivity index (χ1) is 51.7. The quantitative estimate of drug-likeness (QED) is 0.0248. The maximum absolute atomic E-state index is 11.6. The van der Waals surface area contributed by atoms with Crippen molar-refractivity contribution < 1.29 is 55.1 Å². The predicted octanol–water partition coefficient (Wildman–Crippen LogP) is 12.0. The molecule has 1 radical (unpaired) electrons. The van der Waals surface area contributed by atoms with Crippen LogP contribution < -0.4 is 22.9 Å². The number of nitrogens with one attached hydrogen (secondary N) is 1. The van der Waals surface area contributed by atoms with Gasteiger partial charge in [0.2, 0.25) is 5.91 Å². The molecule has 111 heavy (non-hydrogen) atoms. The minimum absolute atomic E-state index is 0. The zero-order valence-corrected chi connectivity index (χ0v) is 69.9. The van der Waals surface area contributed by atoms with Crippen LogP contribution in [0.25, 0.3) is 22.1 Å². The molecule has 0 atom stereocenters. The Morgan fingerprint density at radius 3 is 1.30 bits per heavy atom. The van der Waals surface area contributed by atoms with Gasteiger partial charge in [-0.25, -0.2) is 49.8 Å². The summed E-state index contributed by atoms with van der Waals surface area (Å²) >= 11 is 53.1. The molecule has 10 aromatic heterocycles. The van der Waals surface area contributed by atoms with E-state index in [4.69, 9.17) is 94.4 Å². The van der Waals surface area contributed by atoms with E-state index in [1.165, 1.54) is 42.8 Å². The second kappa shape index (κ2) is 44.1. The van der Waals surface area contributed by atoms with Crippen LogP contribution in [0.5, 0.6) is 0 Å². The van der Waals surface area contributed by atoms with Crippen molar-refractivity contribution in [2.24, 2.45) is 16.0 Å². The first-order valence-corrected chi connectivity index (χ1v) is 41.0. The molecule has 32 nitrogen and oxygen atoms in total. The van der Waals surface area contributed by atoms with Crippen molar-refractivity contribution in [2.45, 2.75) is 137 Å². The summed E-state index contributed by atoms with van der Waals surface area (Å²) in [5.41, 5.74) is 16.5. The summed E-state index contributed by atoms with van der Waals surface area (Å²) in [4.78, 5) is 77.1. The Kier molecular flexibility index (Phi) is 37.9. The Balaban J connectivity index is 0.000000230. The standard InChI is InChI=1S/C11H11BrClN3O2.C11H13BrN4O2.C11H12ClN3O2.C11H12ClN3O.C11H10ClN3.C5H6ClN3.C5H8.CO2.BHNS.Cl3OP.H3N.H2O/c2*12-8-7-9(13)14-1-2-16(7)10(15-8)6-3-11(18,4-6)5-17;12-9-8-5-14-10(15(8)2-1-13-9)7-3-11(17,4-7)6-16;1-7-4-8(5-7)11(16)15-6-9-10(12)14-3-2-13-9;1-7-4-8(5-7)11-14-6-9-10(12)13-2-3-15(9)11;6-5-4(3-7)8-1-2-9-5;1-5-3-2-4-5;2-1-3;1-2-3;1-5(2,3)4;;/h1-2,6,17-18H,3-5H2;1-2,6,17-18H,3-5H2,(H2,13,14);1-2,5,7,16-17H,3-4,6H2;2-3,8H,1,4-6H2,(H,15,16);2-3,6,8H,1,4-5H2;1-2H,3,7H2;1-4H2;;3H;;1H3;1H2. The molecule has 16 rings (SSSR count). The van der Waals surface area contributed by atoms with Crippen LogP contribution in [0.4, 0.5) is 5.82 Å². The van der Waals surface area contributed by atoms with Crippen LogP contribution in [-0.2, 0) is 32.0 Å². The first-order valence-electron chi connectivity index (χ1n) is 32.7. The van der Waals surface area contributed by atoms with E-state index in [9.17, 15) is 24.7 Å². The topological polar surface area (TPSA) is 505 Å². The Morgan fingerprint density at radius 1 is 0.586 bits per heavy atom. The summed E-state index contributed by atoms with van der Waals surface area (Å²) in [7, 11) is 4.34. The van der Waals surface area contributed by atoms with Gasteiger partial charge in [0, 0.05) is 110 Å². The Hall–Kier alpha value is -6.13. The third kappa shape index (κ3) is 26.5. The number of nitrogen functional groups attached to an aromatic ring is 1. The van der Waals surface area contributed by atoms with E-state index < -0.39 is 22.0 Å². The summed E-state index contributed by atoms with van der Waals surface area (Å²) in [5, 5.41) is 58.2. The van der Waals surface area contributed by atoms with Gasteiger partial charge in [0.1, 0.15) is 54.6 Å². The van der Waals surface area contributed by atoms with Gasteiger partial charge in [-0.2, -0.15) is 9.59 Å². The normalized spacial score (nSPS) is 20.3. The SMILES string of the molecule is C=C1CC(C(=O)NCc2nccnc2Cl)C1.C=C1CC(c2ncc3c(Cl)nccn23)C1.C=C1CCC1.N.NCc1nccnc1Cl.Nc1nccn2c(C3CC(O)(CO)C3)nc(Br)c12.O.O=C=O.O=P(Cl)(Cl)Cl.OCC1(O)CC(c2nc(Br)c3c(Cl)nccn23)C1.OCC1(O)CC(c2ncc3c(Cl)nccn23)C1.[B]=NS. The fourth-order valence-electron chi connectivity index (χ4n) is 11.9. The molecule has 10 aromatic rings. The average molecular weight is 1860 g/mol. The molecule has 0 aromatic carbocycles. The first kappa shape index (κ1) is 95.5. The number of halogens is 10. The van der Waals surface area contributed by atoms with E-state index in [-0.39, 0.29) is 67.2 Å². The second-order valence-electron chi connectivity index (χ2n) is 25.6. The van der Waals surface area contributed by atoms with E-state index in [0.29, 0.717) is 110 Å². The molecule has 597 valence electrons. The van der Waals surface area contributed by atoms with E-state index in [1.54, 1.807) is 68.2 Å². The van der Waals surface area contributed by atoms with Gasteiger partial charge in [-0.3, -0.25) is 36.9 Å². The van der Waals surface area contributed by atoms with Crippen molar-refractivity contribution in [2.75, 3.05) is 25.6 Å². The number of nitrogens with zero attached hydrogens (tertiary/aromatic N) is 17. The Bertz CT molecular complexity index is 4780. The number of fused-ring (bicyclic) bond motifs is 4. The molecule has 6 fully saturated rings. The number of aromatic nitrogens is 16. The van der Waals surface area contributed by atoms with Gasteiger partial charge in [-0.15, -0.1) is 0 Å². The third-order valence-electron chi connectivity index (χ3n) is 17.7. The molecule has 0 aliphatic heterocycles. The molecular weight excluding hydrogens is 1780 g/mol. The summed E-state index contributed by atoms with van der Waals surface area (Å²) in [6.45, 7) is 11.6. The average Bonchev–Trinajstić information content (AvgIpc) is 1.70. The maximum atomic E-state index is 11.6. The fraction of sp³-hybridized carbons (Fsp3) is 0.394. The third-order valence-corrected chi connectivity index (χ3v) is 20.3. The molecule has 10 heterocycles. The monoisotopic (exact) mass is 1850 g/mol. The summed E-state index contributed by atoms with van der Waals surface area (Å²) < 4.78 is 21.2. The number of aliphatic hydroxyl groups is 6. The molecule has 0 saturated heterocycles. The Labute approximate surface area is 698 Å². The van der Waals surface area contributed by atoms with Crippen molar-refractivity contribution in [1.82, 2.24) is 88.9 Å². The Morgan fingerprint density at radius 2 is 0.928 bits per heavy atom. The number of imidazole rings is 4. The van der Waals surface area contributed by atoms with Gasteiger partial charge in [-0.1, -0.05) is 94.5 Å². The fourth-order valence-corrected chi connectivity index (χ4v) is 14.1. The van der Waals surface area contributed by atoms with Crippen LogP contribution in [-0.4, -0.2) is 170 Å². The van der Waals surface area contributed by atoms with E-state index in [0.717, 1.165) is 76.6 Å². The van der Waals surface area contributed by atoms with Crippen molar-refractivity contribution in [3.63, 3.8) is 0 Å². The van der Waals surface area contributed by atoms with Gasteiger partial charge < -0.3 is 59.1 Å². The van der Waals surface area contributed by atoms with Crippen LogP contribution >= 0.6 is 142 Å². The van der Waals surface area contributed by atoms with Crippen molar-refractivity contribution in [1.29, 1.82) is 0 Å².